The van der Waals surface area contributed by atoms with E-state index in [1.807, 2.05) is 19.1 Å². The first-order valence-electron chi connectivity index (χ1n) is 5.92. The second kappa shape index (κ2) is 5.35. The molecule has 2 rings (SSSR count). The van der Waals surface area contributed by atoms with Crippen LogP contribution in [0.5, 0.6) is 0 Å². The lowest BCUT2D eigenvalue weighted by Gasteiger charge is -2.09. The van der Waals surface area contributed by atoms with E-state index in [2.05, 4.69) is 5.10 Å². The molecule has 1 aromatic carbocycles. The van der Waals surface area contributed by atoms with Gasteiger partial charge in [0.05, 0.1) is 17.4 Å². The van der Waals surface area contributed by atoms with Crippen molar-refractivity contribution in [2.24, 2.45) is 0 Å². The molecule has 1 aromatic heterocycles. The molecule has 0 atom stereocenters. The number of carbonyl (C=O) groups is 1. The lowest BCUT2D eigenvalue weighted by molar-refractivity contribution is 0.0827. The standard InChI is InChI=1S/C14H13ClN4O/c1-9-4-5-10(6-12(9)15)19-13(7-16)11(8-17-19)14(20)18(2)3/h4-6,8H,1-3H3. The van der Waals surface area contributed by atoms with Crippen LogP contribution < -0.4 is 0 Å². The van der Waals surface area contributed by atoms with Gasteiger partial charge in [-0.05, 0) is 24.6 Å². The van der Waals surface area contributed by atoms with Gasteiger partial charge >= 0.3 is 0 Å². The molecule has 0 bridgehead atoms. The normalized spacial score (nSPS) is 10.2. The molecule has 0 aliphatic heterocycles. The molecule has 102 valence electrons. The maximum absolute atomic E-state index is 12.0. The van der Waals surface area contributed by atoms with Gasteiger partial charge in [-0.25, -0.2) is 4.68 Å². The molecule has 0 radical (unpaired) electrons. The highest BCUT2D eigenvalue weighted by Crippen LogP contribution is 2.21. The topological polar surface area (TPSA) is 61.9 Å². The van der Waals surface area contributed by atoms with Gasteiger partial charge in [-0.3, -0.25) is 4.79 Å². The Hall–Kier alpha value is -2.32. The highest BCUT2D eigenvalue weighted by molar-refractivity contribution is 6.31. The number of amides is 1. The third kappa shape index (κ3) is 2.38. The minimum absolute atomic E-state index is 0.198. The molecule has 0 aliphatic carbocycles. The van der Waals surface area contributed by atoms with E-state index in [0.29, 0.717) is 10.7 Å². The van der Waals surface area contributed by atoms with Crippen LogP contribution >= 0.6 is 11.6 Å². The molecule has 0 unspecified atom stereocenters. The number of aryl methyl sites for hydroxylation is 1. The van der Waals surface area contributed by atoms with Crippen LogP contribution in [0.1, 0.15) is 21.6 Å². The lowest BCUT2D eigenvalue weighted by Crippen LogP contribution is -2.22. The fraction of sp³-hybridized carbons (Fsp3) is 0.214. The van der Waals surface area contributed by atoms with E-state index in [9.17, 15) is 10.1 Å². The molecule has 5 nitrogen and oxygen atoms in total. The monoisotopic (exact) mass is 288 g/mol. The summed E-state index contributed by atoms with van der Waals surface area (Å²) in [6.45, 7) is 1.89. The number of nitrogens with zero attached hydrogens (tertiary/aromatic N) is 4. The Morgan fingerprint density at radius 1 is 1.45 bits per heavy atom. The molecule has 6 heteroatoms. The molecular weight excluding hydrogens is 276 g/mol. The SMILES string of the molecule is Cc1ccc(-n2ncc(C(=O)N(C)C)c2C#N)cc1Cl. The second-order valence-electron chi connectivity index (χ2n) is 4.56. The van der Waals surface area contributed by atoms with Gasteiger partial charge in [-0.2, -0.15) is 10.4 Å². The molecule has 0 spiro atoms. The quantitative estimate of drug-likeness (QED) is 0.852. The number of rotatable bonds is 2. The van der Waals surface area contributed by atoms with Gasteiger partial charge in [0.15, 0.2) is 5.69 Å². The van der Waals surface area contributed by atoms with Gasteiger partial charge in [0.2, 0.25) is 0 Å². The van der Waals surface area contributed by atoms with Gasteiger partial charge in [0.25, 0.3) is 5.91 Å². The summed E-state index contributed by atoms with van der Waals surface area (Å²) >= 11 is 6.08. The van der Waals surface area contributed by atoms with E-state index >= 15 is 0 Å². The van der Waals surface area contributed by atoms with Crippen LogP contribution in [0.25, 0.3) is 5.69 Å². The maximum atomic E-state index is 12.0. The van der Waals surface area contributed by atoms with Crippen molar-refractivity contribution >= 4 is 17.5 Å². The molecule has 0 aliphatic rings. The van der Waals surface area contributed by atoms with Crippen molar-refractivity contribution in [2.75, 3.05) is 14.1 Å². The fourth-order valence-electron chi connectivity index (χ4n) is 1.76. The van der Waals surface area contributed by atoms with Crippen molar-refractivity contribution in [3.05, 3.63) is 46.2 Å². The van der Waals surface area contributed by atoms with Crippen molar-refractivity contribution in [3.63, 3.8) is 0 Å². The zero-order chi connectivity index (χ0) is 14.9. The summed E-state index contributed by atoms with van der Waals surface area (Å²) in [5, 5.41) is 14.0. The second-order valence-corrected chi connectivity index (χ2v) is 4.97. The molecule has 0 fully saturated rings. The van der Waals surface area contributed by atoms with E-state index in [4.69, 9.17) is 11.6 Å². The Morgan fingerprint density at radius 2 is 2.15 bits per heavy atom. The average Bonchev–Trinajstić information content (AvgIpc) is 2.84. The smallest absolute Gasteiger partial charge is 0.257 e. The van der Waals surface area contributed by atoms with Crippen LogP contribution in [0.2, 0.25) is 5.02 Å². The summed E-state index contributed by atoms with van der Waals surface area (Å²) in [6, 6.07) is 7.39. The molecular formula is C14H13ClN4O. The van der Waals surface area contributed by atoms with Crippen molar-refractivity contribution in [2.45, 2.75) is 6.92 Å². The van der Waals surface area contributed by atoms with E-state index in [1.165, 1.54) is 15.8 Å². The number of carbonyl (C=O) groups excluding carboxylic acids is 1. The molecule has 0 N–H and O–H groups in total. The summed E-state index contributed by atoms with van der Waals surface area (Å²) in [5.74, 6) is -0.258. The number of halogens is 1. The number of hydrogen-bond acceptors (Lipinski definition) is 3. The summed E-state index contributed by atoms with van der Waals surface area (Å²) in [6.07, 6.45) is 1.40. The summed E-state index contributed by atoms with van der Waals surface area (Å²) < 4.78 is 1.42. The Labute approximate surface area is 122 Å². The van der Waals surface area contributed by atoms with Crippen molar-refractivity contribution in [1.82, 2.24) is 14.7 Å². The van der Waals surface area contributed by atoms with Gasteiger partial charge in [-0.15, -0.1) is 0 Å². The van der Waals surface area contributed by atoms with E-state index in [-0.39, 0.29) is 17.2 Å². The van der Waals surface area contributed by atoms with Crippen molar-refractivity contribution in [3.8, 4) is 11.8 Å². The largest absolute Gasteiger partial charge is 0.345 e. The fourth-order valence-corrected chi connectivity index (χ4v) is 1.94. The molecule has 0 saturated heterocycles. The van der Waals surface area contributed by atoms with Gasteiger partial charge in [-0.1, -0.05) is 17.7 Å². The van der Waals surface area contributed by atoms with Crippen LogP contribution in [0.4, 0.5) is 0 Å². The summed E-state index contributed by atoms with van der Waals surface area (Å²) in [5.41, 5.74) is 2.05. The minimum Gasteiger partial charge on any atom is -0.345 e. The Bertz CT molecular complexity index is 712. The zero-order valence-corrected chi connectivity index (χ0v) is 12.1. The van der Waals surface area contributed by atoms with Crippen LogP contribution in [0.3, 0.4) is 0 Å². The van der Waals surface area contributed by atoms with E-state index in [0.717, 1.165) is 5.56 Å². The predicted octanol–water partition coefficient (Wildman–Crippen LogP) is 2.41. The number of aromatic nitrogens is 2. The lowest BCUT2D eigenvalue weighted by atomic mass is 10.2. The average molecular weight is 289 g/mol. The van der Waals surface area contributed by atoms with Crippen LogP contribution in [-0.2, 0) is 0 Å². The molecule has 0 saturated carbocycles. The van der Waals surface area contributed by atoms with Crippen molar-refractivity contribution in [1.29, 1.82) is 5.26 Å². The van der Waals surface area contributed by atoms with Crippen LogP contribution in [0.15, 0.2) is 24.4 Å². The highest BCUT2D eigenvalue weighted by atomic mass is 35.5. The summed E-state index contributed by atoms with van der Waals surface area (Å²) in [4.78, 5) is 13.4. The first-order valence-corrected chi connectivity index (χ1v) is 6.29. The molecule has 1 heterocycles. The Morgan fingerprint density at radius 3 is 2.70 bits per heavy atom. The maximum Gasteiger partial charge on any atom is 0.257 e. The molecule has 1 amide bonds. The number of hydrogen-bond donors (Lipinski definition) is 0. The van der Waals surface area contributed by atoms with Gasteiger partial charge in [0.1, 0.15) is 6.07 Å². The third-order valence-electron chi connectivity index (χ3n) is 2.91. The van der Waals surface area contributed by atoms with Crippen molar-refractivity contribution < 1.29 is 4.79 Å². The molecule has 2 aromatic rings. The Balaban J connectivity index is 2.56. The summed E-state index contributed by atoms with van der Waals surface area (Å²) in [7, 11) is 3.26. The molecule has 20 heavy (non-hydrogen) atoms. The van der Waals surface area contributed by atoms with E-state index in [1.54, 1.807) is 26.2 Å². The highest BCUT2D eigenvalue weighted by Gasteiger charge is 2.19. The van der Waals surface area contributed by atoms with Crippen LogP contribution in [0, 0.1) is 18.3 Å². The third-order valence-corrected chi connectivity index (χ3v) is 3.32. The van der Waals surface area contributed by atoms with Gasteiger partial charge in [0, 0.05) is 19.1 Å². The van der Waals surface area contributed by atoms with E-state index < -0.39 is 0 Å². The Kier molecular flexibility index (Phi) is 3.77. The number of nitriles is 1. The predicted molar refractivity (Wildman–Crippen MR) is 76.0 cm³/mol. The van der Waals surface area contributed by atoms with Gasteiger partial charge < -0.3 is 4.90 Å². The minimum atomic E-state index is -0.258. The number of benzene rings is 1. The zero-order valence-electron chi connectivity index (χ0n) is 11.4. The first kappa shape index (κ1) is 14.1. The first-order chi connectivity index (χ1) is 9.45. The van der Waals surface area contributed by atoms with Crippen LogP contribution in [-0.4, -0.2) is 34.7 Å².